The van der Waals surface area contributed by atoms with E-state index in [0.29, 0.717) is 19.0 Å². The fraction of sp³-hybridized carbons (Fsp3) is 0.545. The normalized spacial score (nSPS) is 16.6. The first kappa shape index (κ1) is 22.5. The number of likely N-dealkylation sites (tertiary alicyclic amines) is 1. The highest BCUT2D eigenvalue weighted by Gasteiger charge is 2.31. The maximum atomic E-state index is 12.8. The molecule has 1 aliphatic rings. The van der Waals surface area contributed by atoms with Gasteiger partial charge in [0.15, 0.2) is 5.76 Å². The maximum Gasteiger partial charge on any atom is 0.246 e. The maximum absolute atomic E-state index is 12.8. The number of amides is 1. The average molecular weight is 434 g/mol. The van der Waals surface area contributed by atoms with Crippen molar-refractivity contribution in [3.05, 3.63) is 46.8 Å². The summed E-state index contributed by atoms with van der Waals surface area (Å²) >= 11 is 0. The van der Waals surface area contributed by atoms with Crippen LogP contribution in [0, 0.1) is 26.7 Å². The summed E-state index contributed by atoms with van der Waals surface area (Å²) in [6.45, 7) is 8.11. The van der Waals surface area contributed by atoms with Crippen LogP contribution in [0.25, 0.3) is 0 Å². The second-order valence-corrected chi connectivity index (χ2v) is 9.94. The number of hydrogen-bond donors (Lipinski definition) is 1. The van der Waals surface area contributed by atoms with Gasteiger partial charge in [0.1, 0.15) is 10.6 Å². The monoisotopic (exact) mass is 433 g/mol. The minimum atomic E-state index is -3.87. The molecule has 0 unspecified atom stereocenters. The number of rotatable bonds is 7. The van der Waals surface area contributed by atoms with Crippen molar-refractivity contribution in [1.82, 2.24) is 14.8 Å². The van der Waals surface area contributed by atoms with Crippen LogP contribution in [0.15, 0.2) is 33.7 Å². The topological polar surface area (TPSA) is 92.5 Å². The fourth-order valence-electron chi connectivity index (χ4n) is 4.04. The Hall–Kier alpha value is -2.19. The highest BCUT2D eigenvalue weighted by molar-refractivity contribution is 7.89. The number of nitrogens with zero attached hydrogens (tertiary/aromatic N) is 2. The number of carbonyl (C=O) groups is 1. The molecule has 0 radical (unpaired) electrons. The molecule has 8 heteroatoms. The lowest BCUT2D eigenvalue weighted by atomic mass is 9.90. The van der Waals surface area contributed by atoms with Gasteiger partial charge in [0.25, 0.3) is 0 Å². The van der Waals surface area contributed by atoms with E-state index in [-0.39, 0.29) is 22.3 Å². The molecule has 1 aromatic carbocycles. The second kappa shape index (κ2) is 9.31. The predicted octanol–water partition coefficient (Wildman–Crippen LogP) is 3.14. The second-order valence-electron chi connectivity index (χ2n) is 8.29. The van der Waals surface area contributed by atoms with Crippen LogP contribution in [-0.4, -0.2) is 43.5 Å². The van der Waals surface area contributed by atoms with Gasteiger partial charge in [-0.15, -0.1) is 0 Å². The Morgan fingerprint density at radius 1 is 1.20 bits per heavy atom. The molecule has 0 spiro atoms. The lowest BCUT2D eigenvalue weighted by molar-refractivity contribution is -0.134. The van der Waals surface area contributed by atoms with E-state index in [1.165, 1.54) is 11.1 Å². The van der Waals surface area contributed by atoms with E-state index in [1.54, 1.807) is 25.7 Å². The summed E-state index contributed by atoms with van der Waals surface area (Å²) in [6, 6.07) is 7.80. The smallest absolute Gasteiger partial charge is 0.246 e. The standard InChI is InChI=1S/C22H31N3O4S/c1-15-5-7-19(8-6-15)9-10-20-11-13-25(14-12-20)22(26)17(3)24-30(27,28)21-16(2)23-29-18(21)4/h5-8,17,20,24H,9-14H2,1-4H3/t17-/m1/s1. The first-order valence-corrected chi connectivity index (χ1v) is 11.9. The highest BCUT2D eigenvalue weighted by atomic mass is 32.2. The van der Waals surface area contributed by atoms with Crippen molar-refractivity contribution >= 4 is 15.9 Å². The molecule has 30 heavy (non-hydrogen) atoms. The van der Waals surface area contributed by atoms with Crippen molar-refractivity contribution < 1.29 is 17.7 Å². The van der Waals surface area contributed by atoms with Gasteiger partial charge in [0.2, 0.25) is 15.9 Å². The van der Waals surface area contributed by atoms with Gasteiger partial charge in [-0.05, 0) is 64.9 Å². The van der Waals surface area contributed by atoms with E-state index in [4.69, 9.17) is 4.52 Å². The minimum Gasteiger partial charge on any atom is -0.360 e. The minimum absolute atomic E-state index is 0.0111. The van der Waals surface area contributed by atoms with Gasteiger partial charge in [-0.3, -0.25) is 4.79 Å². The van der Waals surface area contributed by atoms with E-state index < -0.39 is 16.1 Å². The van der Waals surface area contributed by atoms with Gasteiger partial charge in [0.05, 0.1) is 6.04 Å². The van der Waals surface area contributed by atoms with Crippen molar-refractivity contribution in [2.45, 2.75) is 64.3 Å². The zero-order valence-corrected chi connectivity index (χ0v) is 19.0. The molecule has 0 bridgehead atoms. The number of aromatic nitrogens is 1. The van der Waals surface area contributed by atoms with Crippen molar-refractivity contribution in [3.8, 4) is 0 Å². The van der Waals surface area contributed by atoms with Crippen LogP contribution in [0.4, 0.5) is 0 Å². The van der Waals surface area contributed by atoms with E-state index in [0.717, 1.165) is 25.7 Å². The molecule has 1 amide bonds. The third kappa shape index (κ3) is 5.29. The van der Waals surface area contributed by atoms with Gasteiger partial charge in [0, 0.05) is 13.1 Å². The fourth-order valence-corrected chi connectivity index (χ4v) is 5.57. The molecular formula is C22H31N3O4S. The molecule has 1 aliphatic heterocycles. The lowest BCUT2D eigenvalue weighted by Gasteiger charge is -2.33. The molecule has 1 fully saturated rings. The Balaban J connectivity index is 1.50. The van der Waals surface area contributed by atoms with Crippen LogP contribution >= 0.6 is 0 Å². The summed E-state index contributed by atoms with van der Waals surface area (Å²) in [5.41, 5.74) is 2.90. The summed E-state index contributed by atoms with van der Waals surface area (Å²) in [5.74, 6) is 0.612. The van der Waals surface area contributed by atoms with Crippen molar-refractivity contribution in [1.29, 1.82) is 0 Å². The molecule has 1 aromatic heterocycles. The number of aryl methyl sites for hydroxylation is 4. The molecule has 1 atom stereocenters. The molecular weight excluding hydrogens is 402 g/mol. The first-order chi connectivity index (χ1) is 14.2. The highest BCUT2D eigenvalue weighted by Crippen LogP contribution is 2.24. The number of sulfonamides is 1. The first-order valence-electron chi connectivity index (χ1n) is 10.5. The van der Waals surface area contributed by atoms with Crippen LogP contribution in [0.5, 0.6) is 0 Å². The third-order valence-corrected chi connectivity index (χ3v) is 7.61. The van der Waals surface area contributed by atoms with Gasteiger partial charge < -0.3 is 9.42 Å². The average Bonchev–Trinajstić information content (AvgIpc) is 3.06. The Morgan fingerprint density at radius 3 is 2.40 bits per heavy atom. The molecule has 164 valence electrons. The molecule has 1 N–H and O–H groups in total. The predicted molar refractivity (Wildman–Crippen MR) is 115 cm³/mol. The van der Waals surface area contributed by atoms with Crippen molar-refractivity contribution in [2.24, 2.45) is 5.92 Å². The Labute approximate surface area is 178 Å². The number of hydrogen-bond acceptors (Lipinski definition) is 5. The van der Waals surface area contributed by atoms with E-state index in [9.17, 15) is 13.2 Å². The van der Waals surface area contributed by atoms with Gasteiger partial charge >= 0.3 is 0 Å². The largest absolute Gasteiger partial charge is 0.360 e. The Bertz CT molecular complexity index is 955. The third-order valence-electron chi connectivity index (χ3n) is 5.83. The Morgan fingerprint density at radius 2 is 1.83 bits per heavy atom. The van der Waals surface area contributed by atoms with Gasteiger partial charge in [-0.25, -0.2) is 8.42 Å². The molecule has 7 nitrogen and oxygen atoms in total. The zero-order chi connectivity index (χ0) is 21.9. The van der Waals surface area contributed by atoms with Crippen LogP contribution in [0.2, 0.25) is 0 Å². The summed E-state index contributed by atoms with van der Waals surface area (Å²) in [5, 5.41) is 3.69. The van der Waals surface area contributed by atoms with E-state index >= 15 is 0 Å². The number of benzene rings is 1. The number of carbonyl (C=O) groups excluding carboxylic acids is 1. The summed E-state index contributed by atoms with van der Waals surface area (Å²) in [6.07, 6.45) is 4.05. The van der Waals surface area contributed by atoms with E-state index in [2.05, 4.69) is 41.1 Å². The molecule has 2 heterocycles. The summed E-state index contributed by atoms with van der Waals surface area (Å²) < 4.78 is 32.7. The molecule has 2 aromatic rings. The van der Waals surface area contributed by atoms with Crippen LogP contribution in [0.3, 0.4) is 0 Å². The summed E-state index contributed by atoms with van der Waals surface area (Å²) in [4.78, 5) is 14.6. The molecule has 0 aliphatic carbocycles. The Kier molecular flexibility index (Phi) is 6.98. The van der Waals surface area contributed by atoms with Crippen molar-refractivity contribution in [3.63, 3.8) is 0 Å². The molecule has 0 saturated carbocycles. The number of nitrogens with one attached hydrogen (secondary N) is 1. The van der Waals surface area contributed by atoms with Crippen molar-refractivity contribution in [2.75, 3.05) is 13.1 Å². The zero-order valence-electron chi connectivity index (χ0n) is 18.1. The molecule has 1 saturated heterocycles. The summed E-state index contributed by atoms with van der Waals surface area (Å²) in [7, 11) is -3.87. The SMILES string of the molecule is Cc1ccc(CCC2CCN(C(=O)[C@@H](C)NS(=O)(=O)c3c(C)noc3C)CC2)cc1. The van der Waals surface area contributed by atoms with E-state index in [1.807, 2.05) is 0 Å². The van der Waals surface area contributed by atoms with Crippen LogP contribution < -0.4 is 4.72 Å². The van der Waals surface area contributed by atoms with Gasteiger partial charge in [-0.1, -0.05) is 35.0 Å². The number of piperidine rings is 1. The molecule has 3 rings (SSSR count). The van der Waals surface area contributed by atoms with Crippen LogP contribution in [-0.2, 0) is 21.2 Å². The van der Waals surface area contributed by atoms with Crippen LogP contribution in [0.1, 0.15) is 48.8 Å². The van der Waals surface area contributed by atoms with Gasteiger partial charge in [-0.2, -0.15) is 4.72 Å². The lowest BCUT2D eigenvalue weighted by Crippen LogP contribution is -2.49. The quantitative estimate of drug-likeness (QED) is 0.724.